The molecule has 2 fully saturated rings. The van der Waals surface area contributed by atoms with Crippen LogP contribution in [0.2, 0.25) is 0 Å². The lowest BCUT2D eigenvalue weighted by atomic mass is 9.83. The molecule has 1 heterocycles. The Bertz CT molecular complexity index is 890. The molecule has 212 valence electrons. The van der Waals surface area contributed by atoms with Crippen molar-refractivity contribution in [2.45, 2.75) is 102 Å². The summed E-state index contributed by atoms with van der Waals surface area (Å²) in [5.74, 6) is -2.43. The Hall–Kier alpha value is -3.17. The van der Waals surface area contributed by atoms with Crippen LogP contribution in [0, 0.1) is 5.92 Å². The molecule has 10 nitrogen and oxygen atoms in total. The van der Waals surface area contributed by atoms with Gasteiger partial charge in [-0.3, -0.25) is 19.2 Å². The molecule has 0 aromatic heterocycles. The van der Waals surface area contributed by atoms with Gasteiger partial charge < -0.3 is 25.6 Å². The summed E-state index contributed by atoms with van der Waals surface area (Å²) >= 11 is 0. The van der Waals surface area contributed by atoms with E-state index in [2.05, 4.69) is 29.1 Å². The van der Waals surface area contributed by atoms with Crippen LogP contribution in [0.25, 0.3) is 0 Å². The number of hydrogen-bond donors (Lipinski definition) is 3. The first kappa shape index (κ1) is 31.1. The Morgan fingerprint density at radius 3 is 2.26 bits per heavy atom. The molecule has 0 spiro atoms. The number of nitrogens with zero attached hydrogens (tertiary/aromatic N) is 1. The van der Waals surface area contributed by atoms with Gasteiger partial charge in [-0.05, 0) is 65.2 Å². The van der Waals surface area contributed by atoms with Crippen molar-refractivity contribution < 1.29 is 28.7 Å². The third-order valence-electron chi connectivity index (χ3n) is 6.82. The summed E-state index contributed by atoms with van der Waals surface area (Å²) in [6, 6.07) is -2.65. The zero-order chi connectivity index (χ0) is 28.3. The standard InChI is InChI=1S/C28H44N4O6/c1-6-8-15-20(23(33)25(35)29-17-7-2)30-24(34)21-16-12-18-32(21)26(36)22(19-13-10-9-11-14-19)31-27(37)38-28(3,4)5/h6-7,19-22H,1-2,8-18H2,3-5H3,(H,29,35)(H,30,34)(H,31,37)/t20?,21-,22-/m0/s1. The molecule has 1 saturated carbocycles. The van der Waals surface area contributed by atoms with Gasteiger partial charge in [-0.25, -0.2) is 4.79 Å². The van der Waals surface area contributed by atoms with Crippen molar-refractivity contribution in [3.63, 3.8) is 0 Å². The number of nitrogens with one attached hydrogen (secondary N) is 3. The van der Waals surface area contributed by atoms with Crippen LogP contribution >= 0.6 is 0 Å². The molecule has 3 N–H and O–H groups in total. The van der Waals surface area contributed by atoms with Gasteiger partial charge in [0.05, 0.1) is 6.04 Å². The molecule has 2 aliphatic rings. The number of ether oxygens (including phenoxy) is 1. The molecule has 0 aromatic rings. The van der Waals surface area contributed by atoms with Crippen LogP contribution in [0.5, 0.6) is 0 Å². The molecule has 0 aromatic carbocycles. The van der Waals surface area contributed by atoms with Gasteiger partial charge >= 0.3 is 6.09 Å². The van der Waals surface area contributed by atoms with Gasteiger partial charge in [0.1, 0.15) is 17.7 Å². The van der Waals surface area contributed by atoms with E-state index in [1.54, 1.807) is 26.8 Å². The Kier molecular flexibility index (Phi) is 12.0. The quantitative estimate of drug-likeness (QED) is 0.261. The third kappa shape index (κ3) is 9.29. The number of alkyl carbamates (subject to hydrolysis) is 1. The van der Waals surface area contributed by atoms with Crippen molar-refractivity contribution in [1.82, 2.24) is 20.9 Å². The SMILES string of the molecule is C=CCCC(NC(=O)[C@@H]1CCCN1C(=O)[C@@H](NC(=O)OC(C)(C)C)C1CCCCC1)C(=O)C(=O)NCC=C. The lowest BCUT2D eigenvalue weighted by molar-refractivity contribution is -0.143. The Labute approximate surface area is 226 Å². The summed E-state index contributed by atoms with van der Waals surface area (Å²) < 4.78 is 5.42. The molecule has 4 amide bonds. The topological polar surface area (TPSA) is 134 Å². The first-order valence-corrected chi connectivity index (χ1v) is 13.6. The Balaban J connectivity index is 2.19. The van der Waals surface area contributed by atoms with E-state index in [4.69, 9.17) is 4.74 Å². The second-order valence-electron chi connectivity index (χ2n) is 11.0. The van der Waals surface area contributed by atoms with E-state index in [0.717, 1.165) is 32.1 Å². The van der Waals surface area contributed by atoms with Crippen LogP contribution in [0.4, 0.5) is 4.79 Å². The molecular formula is C28H44N4O6. The van der Waals surface area contributed by atoms with Gasteiger partial charge in [-0.2, -0.15) is 0 Å². The Morgan fingerprint density at radius 2 is 1.66 bits per heavy atom. The Morgan fingerprint density at radius 1 is 0.974 bits per heavy atom. The third-order valence-corrected chi connectivity index (χ3v) is 6.82. The monoisotopic (exact) mass is 532 g/mol. The van der Waals surface area contributed by atoms with Crippen LogP contribution in [0.3, 0.4) is 0 Å². The number of ketones is 1. The average molecular weight is 533 g/mol. The molecule has 2 rings (SSSR count). The van der Waals surface area contributed by atoms with E-state index in [1.165, 1.54) is 11.0 Å². The van der Waals surface area contributed by atoms with E-state index in [1.807, 2.05) is 0 Å². The minimum atomic E-state index is -1.04. The summed E-state index contributed by atoms with van der Waals surface area (Å²) in [4.78, 5) is 66.3. The number of Topliss-reactive ketones (excluding diaryl/α,β-unsaturated/α-hetero) is 1. The number of carbonyl (C=O) groups excluding carboxylic acids is 5. The molecular weight excluding hydrogens is 488 g/mol. The normalized spacial score (nSPS) is 19.6. The van der Waals surface area contributed by atoms with Crippen molar-refractivity contribution in [2.75, 3.05) is 13.1 Å². The smallest absolute Gasteiger partial charge is 0.408 e. The number of amides is 4. The molecule has 1 aliphatic carbocycles. The second-order valence-corrected chi connectivity index (χ2v) is 11.0. The number of hydrogen-bond acceptors (Lipinski definition) is 6. The van der Waals surface area contributed by atoms with E-state index < -0.39 is 47.4 Å². The molecule has 1 saturated heterocycles. The summed E-state index contributed by atoms with van der Waals surface area (Å²) in [5.41, 5.74) is -0.717. The molecule has 1 aliphatic heterocycles. The van der Waals surface area contributed by atoms with E-state index in [9.17, 15) is 24.0 Å². The predicted octanol–water partition coefficient (Wildman–Crippen LogP) is 2.77. The molecule has 0 bridgehead atoms. The molecule has 1 unspecified atom stereocenters. The van der Waals surface area contributed by atoms with Crippen LogP contribution in [-0.4, -0.2) is 71.3 Å². The fraction of sp³-hybridized carbons (Fsp3) is 0.679. The highest BCUT2D eigenvalue weighted by atomic mass is 16.6. The van der Waals surface area contributed by atoms with Gasteiger partial charge in [-0.15, -0.1) is 13.2 Å². The van der Waals surface area contributed by atoms with Gasteiger partial charge in [0.15, 0.2) is 0 Å². The zero-order valence-corrected chi connectivity index (χ0v) is 23.1. The van der Waals surface area contributed by atoms with Crippen molar-refractivity contribution in [3.05, 3.63) is 25.3 Å². The molecule has 38 heavy (non-hydrogen) atoms. The summed E-state index contributed by atoms with van der Waals surface area (Å²) in [5, 5.41) is 7.93. The number of carbonyl (C=O) groups is 5. The molecule has 10 heteroatoms. The zero-order valence-electron chi connectivity index (χ0n) is 23.1. The van der Waals surface area contributed by atoms with Crippen LogP contribution in [0.15, 0.2) is 25.3 Å². The number of rotatable bonds is 12. The van der Waals surface area contributed by atoms with Gasteiger partial charge in [0, 0.05) is 13.1 Å². The minimum absolute atomic E-state index is 0.0523. The van der Waals surface area contributed by atoms with E-state index in [-0.39, 0.29) is 24.8 Å². The highest BCUT2D eigenvalue weighted by Crippen LogP contribution is 2.29. The lowest BCUT2D eigenvalue weighted by Crippen LogP contribution is -2.58. The van der Waals surface area contributed by atoms with Crippen molar-refractivity contribution >= 4 is 29.6 Å². The minimum Gasteiger partial charge on any atom is -0.444 e. The average Bonchev–Trinajstić information content (AvgIpc) is 3.37. The first-order valence-electron chi connectivity index (χ1n) is 13.6. The van der Waals surface area contributed by atoms with Gasteiger partial charge in [0.2, 0.25) is 17.6 Å². The predicted molar refractivity (Wildman–Crippen MR) is 144 cm³/mol. The maximum absolute atomic E-state index is 13.8. The molecule has 3 atom stereocenters. The molecule has 0 radical (unpaired) electrons. The van der Waals surface area contributed by atoms with Crippen LogP contribution in [0.1, 0.15) is 78.6 Å². The second kappa shape index (κ2) is 14.7. The fourth-order valence-corrected chi connectivity index (χ4v) is 5.00. The number of allylic oxidation sites excluding steroid dienone is 1. The van der Waals surface area contributed by atoms with Crippen LogP contribution in [-0.2, 0) is 23.9 Å². The van der Waals surface area contributed by atoms with Gasteiger partial charge in [-0.1, -0.05) is 31.4 Å². The first-order chi connectivity index (χ1) is 18.0. The highest BCUT2D eigenvalue weighted by molar-refractivity contribution is 6.38. The van der Waals surface area contributed by atoms with Gasteiger partial charge in [0.25, 0.3) is 5.91 Å². The van der Waals surface area contributed by atoms with Crippen molar-refractivity contribution in [2.24, 2.45) is 5.92 Å². The summed E-state index contributed by atoms with van der Waals surface area (Å²) in [6.07, 6.45) is 8.68. The van der Waals surface area contributed by atoms with Crippen molar-refractivity contribution in [1.29, 1.82) is 0 Å². The fourth-order valence-electron chi connectivity index (χ4n) is 5.00. The summed E-state index contributed by atoms with van der Waals surface area (Å²) in [6.45, 7) is 12.9. The largest absolute Gasteiger partial charge is 0.444 e. The van der Waals surface area contributed by atoms with Crippen molar-refractivity contribution in [3.8, 4) is 0 Å². The highest BCUT2D eigenvalue weighted by Gasteiger charge is 2.42. The number of likely N-dealkylation sites (tertiary alicyclic amines) is 1. The van der Waals surface area contributed by atoms with Crippen LogP contribution < -0.4 is 16.0 Å². The maximum atomic E-state index is 13.8. The lowest BCUT2D eigenvalue weighted by Gasteiger charge is -2.35. The summed E-state index contributed by atoms with van der Waals surface area (Å²) in [7, 11) is 0. The van der Waals surface area contributed by atoms with E-state index in [0.29, 0.717) is 25.8 Å². The maximum Gasteiger partial charge on any atom is 0.408 e. The van der Waals surface area contributed by atoms with E-state index >= 15 is 0 Å².